The number of nitrogens with zero attached hydrogens (tertiary/aromatic N) is 6. The number of aryl methyl sites for hydroxylation is 1. The van der Waals surface area contributed by atoms with Gasteiger partial charge in [0.1, 0.15) is 29.2 Å². The number of carbonyl (C=O) groups is 2. The molecule has 1 atom stereocenters. The highest BCUT2D eigenvalue weighted by Crippen LogP contribution is 2.30. The molecule has 4 heterocycles. The van der Waals surface area contributed by atoms with Crippen molar-refractivity contribution < 1.29 is 19.1 Å². The molecule has 1 unspecified atom stereocenters. The molecule has 0 radical (unpaired) electrons. The standard InChI is InChI=1S/C31H42ClN7O4Si/c1-31(2,3)43-30(41)38-12-8-9-21(17-38)34-29(40)23-18-39(19-42-13-14-44(5,6)7)28-27(23)35-24(16-33-28)26-22-11-10-20(32)15-25(22)37(4)36-26/h10-11,15-16,18,21H,8-9,12-14,17,19H2,1-7H3,(H,34,40). The maximum atomic E-state index is 13.8. The van der Waals surface area contributed by atoms with E-state index in [2.05, 4.69) is 25.0 Å². The summed E-state index contributed by atoms with van der Waals surface area (Å²) < 4.78 is 15.2. The minimum atomic E-state index is -1.26. The quantitative estimate of drug-likeness (QED) is 0.183. The predicted octanol–water partition coefficient (Wildman–Crippen LogP) is 6.08. The molecule has 44 heavy (non-hydrogen) atoms. The molecule has 11 nitrogen and oxygen atoms in total. The fourth-order valence-corrected chi connectivity index (χ4v) is 6.16. The molecule has 1 fully saturated rings. The van der Waals surface area contributed by atoms with E-state index in [9.17, 15) is 9.59 Å². The first kappa shape index (κ1) is 31.9. The van der Waals surface area contributed by atoms with Gasteiger partial charge in [0.2, 0.25) is 0 Å². The van der Waals surface area contributed by atoms with Gasteiger partial charge in [-0.25, -0.2) is 14.8 Å². The number of hydrogen-bond donors (Lipinski definition) is 1. The molecule has 0 spiro atoms. The number of carbonyl (C=O) groups excluding carboxylic acids is 2. The number of benzene rings is 1. The van der Waals surface area contributed by atoms with E-state index in [0.29, 0.717) is 52.8 Å². The molecule has 2 amide bonds. The first-order valence-corrected chi connectivity index (χ1v) is 19.1. The van der Waals surface area contributed by atoms with E-state index in [0.717, 1.165) is 29.8 Å². The Kier molecular flexibility index (Phi) is 9.06. The topological polar surface area (TPSA) is 116 Å². The van der Waals surface area contributed by atoms with Crippen molar-refractivity contribution in [3.63, 3.8) is 0 Å². The van der Waals surface area contributed by atoms with Gasteiger partial charge in [-0.2, -0.15) is 5.10 Å². The van der Waals surface area contributed by atoms with Crippen LogP contribution in [0.1, 0.15) is 44.0 Å². The molecule has 0 saturated carbocycles. The Morgan fingerprint density at radius 2 is 1.98 bits per heavy atom. The summed E-state index contributed by atoms with van der Waals surface area (Å²) in [7, 11) is 0.590. The van der Waals surface area contributed by atoms with E-state index in [1.54, 1.807) is 22.0 Å². The summed E-state index contributed by atoms with van der Waals surface area (Å²) in [5.74, 6) is -0.281. The summed E-state index contributed by atoms with van der Waals surface area (Å²) in [5.41, 5.74) is 2.88. The second kappa shape index (κ2) is 12.5. The summed E-state index contributed by atoms with van der Waals surface area (Å²) in [6.45, 7) is 14.3. The number of aromatic nitrogens is 5. The Hall–Kier alpha value is -3.48. The lowest BCUT2D eigenvalue weighted by Gasteiger charge is -2.34. The number of nitrogens with one attached hydrogen (secondary N) is 1. The maximum Gasteiger partial charge on any atom is 0.410 e. The van der Waals surface area contributed by atoms with Crippen LogP contribution in [-0.2, 0) is 23.3 Å². The zero-order chi connectivity index (χ0) is 31.8. The highest BCUT2D eigenvalue weighted by Gasteiger charge is 2.30. The Bertz CT molecular complexity index is 1690. The first-order chi connectivity index (χ1) is 20.7. The van der Waals surface area contributed by atoms with Crippen molar-refractivity contribution in [1.29, 1.82) is 0 Å². The monoisotopic (exact) mass is 639 g/mol. The number of amides is 2. The molecule has 13 heteroatoms. The van der Waals surface area contributed by atoms with Gasteiger partial charge < -0.3 is 24.3 Å². The van der Waals surface area contributed by atoms with Crippen LogP contribution in [0, 0.1) is 0 Å². The lowest BCUT2D eigenvalue weighted by atomic mass is 10.1. The van der Waals surface area contributed by atoms with Crippen molar-refractivity contribution in [2.75, 3.05) is 19.7 Å². The number of hydrogen-bond acceptors (Lipinski definition) is 7. The lowest BCUT2D eigenvalue weighted by molar-refractivity contribution is 0.0185. The molecule has 1 aromatic carbocycles. The largest absolute Gasteiger partial charge is 0.444 e. The SMILES string of the molecule is Cn1nc(-c2cnc3c(n2)c(C(=O)NC2CCCN(C(=O)OC(C)(C)C)C2)cn3COCC[Si](C)(C)C)c2ccc(Cl)cc21. The predicted molar refractivity (Wildman–Crippen MR) is 175 cm³/mol. The molecular formula is C31H42ClN7O4Si. The molecule has 236 valence electrons. The summed E-state index contributed by atoms with van der Waals surface area (Å²) in [4.78, 5) is 37.9. The molecule has 3 aromatic heterocycles. The van der Waals surface area contributed by atoms with Crippen LogP contribution in [0.4, 0.5) is 4.79 Å². The second-order valence-corrected chi connectivity index (χ2v) is 19.7. The summed E-state index contributed by atoms with van der Waals surface area (Å²) in [5, 5.41) is 9.33. The van der Waals surface area contributed by atoms with E-state index in [-0.39, 0.29) is 24.8 Å². The van der Waals surface area contributed by atoms with Crippen molar-refractivity contribution in [3.8, 4) is 11.4 Å². The van der Waals surface area contributed by atoms with Crippen LogP contribution in [0.25, 0.3) is 33.5 Å². The molecule has 1 aliphatic rings. The van der Waals surface area contributed by atoms with Crippen molar-refractivity contribution in [3.05, 3.63) is 41.2 Å². The number of ether oxygens (including phenoxy) is 2. The summed E-state index contributed by atoms with van der Waals surface area (Å²) in [6.07, 6.45) is 4.57. The minimum Gasteiger partial charge on any atom is -0.444 e. The van der Waals surface area contributed by atoms with E-state index in [1.807, 2.05) is 50.6 Å². The van der Waals surface area contributed by atoms with E-state index in [4.69, 9.17) is 36.1 Å². The van der Waals surface area contributed by atoms with Crippen LogP contribution < -0.4 is 5.32 Å². The zero-order valence-electron chi connectivity index (χ0n) is 26.6. The van der Waals surface area contributed by atoms with Crippen molar-refractivity contribution in [1.82, 2.24) is 34.5 Å². The van der Waals surface area contributed by atoms with Gasteiger partial charge in [-0.05, 0) is 57.9 Å². The number of halogens is 1. The Balaban J connectivity index is 1.44. The van der Waals surface area contributed by atoms with E-state index >= 15 is 0 Å². The maximum absolute atomic E-state index is 13.8. The van der Waals surface area contributed by atoms with Crippen LogP contribution in [0.3, 0.4) is 0 Å². The number of likely N-dealkylation sites (tertiary alicyclic amines) is 1. The number of fused-ring (bicyclic) bond motifs is 2. The normalized spacial score (nSPS) is 16.1. The van der Waals surface area contributed by atoms with Gasteiger partial charge in [0.05, 0.1) is 17.3 Å². The second-order valence-electron chi connectivity index (χ2n) is 13.7. The van der Waals surface area contributed by atoms with Crippen LogP contribution in [0.5, 0.6) is 0 Å². The molecule has 1 N–H and O–H groups in total. The van der Waals surface area contributed by atoms with Crippen molar-refractivity contribution in [2.45, 2.75) is 77.7 Å². The first-order valence-electron chi connectivity index (χ1n) is 15.0. The van der Waals surface area contributed by atoms with Gasteiger partial charge in [-0.3, -0.25) is 9.48 Å². The van der Waals surface area contributed by atoms with Gasteiger partial charge >= 0.3 is 6.09 Å². The van der Waals surface area contributed by atoms with Gasteiger partial charge in [0, 0.05) is 57.5 Å². The Morgan fingerprint density at radius 1 is 1.20 bits per heavy atom. The number of piperidine rings is 1. The average molecular weight is 640 g/mol. The molecule has 1 aliphatic heterocycles. The lowest BCUT2D eigenvalue weighted by Crippen LogP contribution is -2.50. The van der Waals surface area contributed by atoms with Gasteiger partial charge in [-0.15, -0.1) is 0 Å². The summed E-state index contributed by atoms with van der Waals surface area (Å²) >= 11 is 6.24. The fourth-order valence-electron chi connectivity index (χ4n) is 5.24. The average Bonchev–Trinajstić information content (AvgIpc) is 3.46. The van der Waals surface area contributed by atoms with Gasteiger partial charge in [0.25, 0.3) is 5.91 Å². The molecular weight excluding hydrogens is 598 g/mol. The Labute approximate surface area is 263 Å². The van der Waals surface area contributed by atoms with E-state index in [1.165, 1.54) is 0 Å². The molecule has 4 aromatic rings. The highest BCUT2D eigenvalue weighted by molar-refractivity contribution is 6.76. The summed E-state index contributed by atoms with van der Waals surface area (Å²) in [6, 6.07) is 6.39. The minimum absolute atomic E-state index is 0.226. The van der Waals surface area contributed by atoms with Crippen LogP contribution >= 0.6 is 11.6 Å². The Morgan fingerprint density at radius 3 is 2.70 bits per heavy atom. The fraction of sp³-hybridized carbons (Fsp3) is 0.516. The van der Waals surface area contributed by atoms with Crippen molar-refractivity contribution in [2.24, 2.45) is 7.05 Å². The molecule has 0 bridgehead atoms. The molecule has 0 aliphatic carbocycles. The van der Waals surface area contributed by atoms with Crippen molar-refractivity contribution >= 4 is 53.7 Å². The third-order valence-electron chi connectivity index (χ3n) is 7.50. The van der Waals surface area contributed by atoms with Gasteiger partial charge in [-0.1, -0.05) is 31.2 Å². The molecule has 1 saturated heterocycles. The number of rotatable bonds is 8. The third-order valence-corrected chi connectivity index (χ3v) is 9.44. The van der Waals surface area contributed by atoms with Crippen LogP contribution in [-0.4, -0.2) is 80.6 Å². The third kappa shape index (κ3) is 7.41. The van der Waals surface area contributed by atoms with Gasteiger partial charge in [0.15, 0.2) is 5.65 Å². The highest BCUT2D eigenvalue weighted by atomic mass is 35.5. The smallest absolute Gasteiger partial charge is 0.410 e. The van der Waals surface area contributed by atoms with Crippen LogP contribution in [0.2, 0.25) is 30.7 Å². The zero-order valence-corrected chi connectivity index (χ0v) is 28.4. The van der Waals surface area contributed by atoms with Crippen LogP contribution in [0.15, 0.2) is 30.6 Å². The molecule has 5 rings (SSSR count). The van der Waals surface area contributed by atoms with E-state index < -0.39 is 13.7 Å².